The predicted octanol–water partition coefficient (Wildman–Crippen LogP) is 3.04. The molecule has 10 heteroatoms. The van der Waals surface area contributed by atoms with Gasteiger partial charge >= 0.3 is 0 Å². The summed E-state index contributed by atoms with van der Waals surface area (Å²) in [6.45, 7) is 3.84. The summed E-state index contributed by atoms with van der Waals surface area (Å²) in [6, 6.07) is 14.7. The summed E-state index contributed by atoms with van der Waals surface area (Å²) < 4.78 is 36.3. The quantitative estimate of drug-likeness (QED) is 0.413. The van der Waals surface area contributed by atoms with Gasteiger partial charge in [-0.1, -0.05) is 29.4 Å². The molecule has 0 radical (unpaired) electrons. The molecule has 0 aliphatic rings. The van der Waals surface area contributed by atoms with Gasteiger partial charge < -0.3 is 9.26 Å². The van der Waals surface area contributed by atoms with E-state index in [4.69, 9.17) is 9.26 Å². The summed E-state index contributed by atoms with van der Waals surface area (Å²) >= 11 is 0. The second-order valence-electron chi connectivity index (χ2n) is 7.01. The van der Waals surface area contributed by atoms with Gasteiger partial charge in [-0.05, 0) is 44.2 Å². The van der Waals surface area contributed by atoms with Gasteiger partial charge in [0, 0.05) is 17.1 Å². The Hall–Kier alpha value is -3.76. The summed E-state index contributed by atoms with van der Waals surface area (Å²) in [4.78, 5) is 18.8. The van der Waals surface area contributed by atoms with Crippen molar-refractivity contribution in [3.8, 4) is 5.75 Å². The van der Waals surface area contributed by atoms with E-state index in [-0.39, 0.29) is 17.1 Å². The van der Waals surface area contributed by atoms with E-state index in [0.717, 1.165) is 11.3 Å². The third kappa shape index (κ3) is 4.46. The van der Waals surface area contributed by atoms with Crippen molar-refractivity contribution in [2.45, 2.75) is 25.3 Å². The van der Waals surface area contributed by atoms with Gasteiger partial charge in [0.2, 0.25) is 0 Å². The molecule has 2 heterocycles. The minimum atomic E-state index is -4.04. The first-order valence-corrected chi connectivity index (χ1v) is 11.1. The van der Waals surface area contributed by atoms with Crippen LogP contribution in [-0.4, -0.2) is 24.5 Å². The molecule has 0 unspecified atom stereocenters. The zero-order chi connectivity index (χ0) is 22.7. The number of hydrogen-bond acceptors (Lipinski definition) is 7. The number of para-hydroxylation sites is 1. The molecule has 0 atom stereocenters. The van der Waals surface area contributed by atoms with E-state index < -0.39 is 15.9 Å². The van der Waals surface area contributed by atoms with Crippen molar-refractivity contribution in [3.63, 3.8) is 0 Å². The lowest BCUT2D eigenvalue weighted by Crippen LogP contribution is -2.41. The van der Waals surface area contributed by atoms with Crippen molar-refractivity contribution in [1.82, 2.24) is 20.4 Å². The normalized spacial score (nSPS) is 11.4. The van der Waals surface area contributed by atoms with Gasteiger partial charge in [0.05, 0.1) is 16.8 Å². The SMILES string of the molecule is Cc1noc(C)c1COc1cccc(C(=O)NNS(=O)(=O)c2cccc3cccnc23)c1. The molecule has 0 spiro atoms. The highest BCUT2D eigenvalue weighted by Crippen LogP contribution is 2.21. The van der Waals surface area contributed by atoms with Crippen LogP contribution in [0.25, 0.3) is 10.9 Å². The highest BCUT2D eigenvalue weighted by Gasteiger charge is 2.19. The molecule has 1 amide bonds. The molecule has 0 bridgehead atoms. The number of ether oxygens (including phenoxy) is 1. The van der Waals surface area contributed by atoms with Crippen LogP contribution in [0.2, 0.25) is 0 Å². The number of hydrogen-bond donors (Lipinski definition) is 2. The van der Waals surface area contributed by atoms with Gasteiger partial charge in [0.1, 0.15) is 23.0 Å². The van der Waals surface area contributed by atoms with Gasteiger partial charge in [-0.3, -0.25) is 15.2 Å². The number of carbonyl (C=O) groups excluding carboxylic acids is 1. The van der Waals surface area contributed by atoms with Crippen LogP contribution in [0.15, 0.2) is 70.2 Å². The first-order chi connectivity index (χ1) is 15.3. The number of benzene rings is 2. The van der Waals surface area contributed by atoms with Crippen LogP contribution < -0.4 is 15.0 Å². The second kappa shape index (κ2) is 8.77. The lowest BCUT2D eigenvalue weighted by atomic mass is 10.2. The minimum Gasteiger partial charge on any atom is -0.489 e. The summed E-state index contributed by atoms with van der Waals surface area (Å²) in [7, 11) is -4.04. The Kier molecular flexibility index (Phi) is 5.89. The van der Waals surface area contributed by atoms with Crippen LogP contribution in [0.4, 0.5) is 0 Å². The molecule has 9 nitrogen and oxygen atoms in total. The fourth-order valence-corrected chi connectivity index (χ4v) is 4.14. The summed E-state index contributed by atoms with van der Waals surface area (Å²) in [5, 5.41) is 4.55. The summed E-state index contributed by atoms with van der Waals surface area (Å²) in [5.74, 6) is 0.469. The number of sulfonamides is 1. The number of aromatic nitrogens is 2. The molecule has 2 N–H and O–H groups in total. The first-order valence-electron chi connectivity index (χ1n) is 9.65. The first kappa shape index (κ1) is 21.5. The summed E-state index contributed by atoms with van der Waals surface area (Å²) in [5.41, 5.74) is 4.33. The summed E-state index contributed by atoms with van der Waals surface area (Å²) in [6.07, 6.45) is 1.51. The van der Waals surface area contributed by atoms with E-state index in [2.05, 4.69) is 20.4 Å². The van der Waals surface area contributed by atoms with Crippen LogP contribution in [0, 0.1) is 13.8 Å². The molecule has 0 saturated carbocycles. The van der Waals surface area contributed by atoms with E-state index in [1.54, 1.807) is 49.4 Å². The van der Waals surface area contributed by atoms with E-state index in [1.165, 1.54) is 18.3 Å². The number of fused-ring (bicyclic) bond motifs is 1. The van der Waals surface area contributed by atoms with Crippen molar-refractivity contribution in [1.29, 1.82) is 0 Å². The number of carbonyl (C=O) groups is 1. The Morgan fingerprint density at radius 3 is 2.66 bits per heavy atom. The number of rotatable bonds is 7. The third-order valence-corrected chi connectivity index (χ3v) is 6.12. The average molecular weight is 452 g/mol. The topological polar surface area (TPSA) is 123 Å². The largest absolute Gasteiger partial charge is 0.489 e. The Labute approximate surface area is 184 Å². The van der Waals surface area contributed by atoms with Crippen molar-refractivity contribution in [2.75, 3.05) is 0 Å². The van der Waals surface area contributed by atoms with Crippen LogP contribution in [0.5, 0.6) is 5.75 Å². The Balaban J connectivity index is 1.45. The van der Waals surface area contributed by atoms with Crippen LogP contribution in [-0.2, 0) is 16.6 Å². The molecule has 2 aromatic heterocycles. The maximum absolute atomic E-state index is 12.7. The standard InChI is InChI=1S/C22H20N4O5S/c1-14-19(15(2)31-25-14)13-30-18-9-3-7-17(12-18)22(27)24-26-32(28,29)20-10-4-6-16-8-5-11-23-21(16)20/h3-12,26H,13H2,1-2H3,(H,24,27). The minimum absolute atomic E-state index is 0.0348. The van der Waals surface area contributed by atoms with Crippen LogP contribution in [0.1, 0.15) is 27.4 Å². The number of nitrogens with one attached hydrogen (secondary N) is 2. The molecular formula is C22H20N4O5S. The zero-order valence-electron chi connectivity index (χ0n) is 17.3. The van der Waals surface area contributed by atoms with E-state index >= 15 is 0 Å². The zero-order valence-corrected chi connectivity index (χ0v) is 18.1. The fourth-order valence-electron chi connectivity index (χ4n) is 3.12. The Morgan fingerprint density at radius 2 is 1.88 bits per heavy atom. The monoisotopic (exact) mass is 452 g/mol. The molecule has 4 rings (SSSR count). The number of nitrogens with zero attached hydrogens (tertiary/aromatic N) is 2. The molecule has 0 fully saturated rings. The molecule has 4 aromatic rings. The lowest BCUT2D eigenvalue weighted by molar-refractivity contribution is 0.0944. The maximum Gasteiger partial charge on any atom is 0.266 e. The highest BCUT2D eigenvalue weighted by molar-refractivity contribution is 7.89. The molecular weight excluding hydrogens is 432 g/mol. The smallest absolute Gasteiger partial charge is 0.266 e. The van der Waals surface area contributed by atoms with Crippen molar-refractivity contribution >= 4 is 26.8 Å². The molecule has 0 aliphatic heterocycles. The predicted molar refractivity (Wildman–Crippen MR) is 116 cm³/mol. The molecule has 32 heavy (non-hydrogen) atoms. The lowest BCUT2D eigenvalue weighted by Gasteiger charge is -2.11. The Morgan fingerprint density at radius 1 is 1.09 bits per heavy atom. The van der Waals surface area contributed by atoms with Crippen LogP contribution >= 0.6 is 0 Å². The number of amides is 1. The molecule has 2 aromatic carbocycles. The second-order valence-corrected chi connectivity index (χ2v) is 8.66. The van der Waals surface area contributed by atoms with Crippen molar-refractivity contribution in [3.05, 3.63) is 83.4 Å². The van der Waals surface area contributed by atoms with E-state index in [0.29, 0.717) is 22.4 Å². The molecule has 0 aliphatic carbocycles. The van der Waals surface area contributed by atoms with E-state index in [9.17, 15) is 13.2 Å². The van der Waals surface area contributed by atoms with Gasteiger partial charge in [-0.15, -0.1) is 4.83 Å². The average Bonchev–Trinajstić information content (AvgIpc) is 3.13. The molecule has 0 saturated heterocycles. The van der Waals surface area contributed by atoms with Gasteiger partial charge in [-0.2, -0.15) is 0 Å². The van der Waals surface area contributed by atoms with Gasteiger partial charge in [-0.25, -0.2) is 8.42 Å². The van der Waals surface area contributed by atoms with Crippen molar-refractivity contribution < 1.29 is 22.5 Å². The molecule has 164 valence electrons. The van der Waals surface area contributed by atoms with E-state index in [1.807, 2.05) is 6.92 Å². The van der Waals surface area contributed by atoms with Gasteiger partial charge in [0.25, 0.3) is 15.9 Å². The van der Waals surface area contributed by atoms with Crippen LogP contribution in [0.3, 0.4) is 0 Å². The fraction of sp³-hybridized carbons (Fsp3) is 0.136. The van der Waals surface area contributed by atoms with Gasteiger partial charge in [0.15, 0.2) is 0 Å². The van der Waals surface area contributed by atoms with Crippen molar-refractivity contribution in [2.24, 2.45) is 0 Å². The maximum atomic E-state index is 12.7. The number of pyridine rings is 1. The number of hydrazine groups is 1. The highest BCUT2D eigenvalue weighted by atomic mass is 32.2. The number of aryl methyl sites for hydroxylation is 2. The Bertz CT molecular complexity index is 1370. The third-order valence-electron chi connectivity index (χ3n) is 4.84.